The third-order valence-electron chi connectivity index (χ3n) is 5.02. The predicted octanol–water partition coefficient (Wildman–Crippen LogP) is 1.81. The molecule has 3 rings (SSSR count). The predicted molar refractivity (Wildman–Crippen MR) is 109 cm³/mol. The summed E-state index contributed by atoms with van der Waals surface area (Å²) >= 11 is 0. The molecule has 0 spiro atoms. The Balaban J connectivity index is 1.84. The van der Waals surface area contributed by atoms with Gasteiger partial charge in [-0.15, -0.1) is 0 Å². The molecule has 0 aliphatic carbocycles. The van der Waals surface area contributed by atoms with Crippen LogP contribution < -0.4 is 5.32 Å². The minimum atomic E-state index is -4.00. The van der Waals surface area contributed by atoms with Crippen molar-refractivity contribution in [3.63, 3.8) is 0 Å². The van der Waals surface area contributed by atoms with E-state index in [2.05, 4.69) is 10.1 Å². The zero-order valence-corrected chi connectivity index (χ0v) is 17.7. The van der Waals surface area contributed by atoms with Crippen LogP contribution in [0.4, 0.5) is 5.69 Å². The lowest BCUT2D eigenvalue weighted by Crippen LogP contribution is -2.43. The van der Waals surface area contributed by atoms with Crippen molar-refractivity contribution in [3.8, 4) is 0 Å². The number of ether oxygens (including phenoxy) is 1. The highest BCUT2D eigenvalue weighted by molar-refractivity contribution is 7.89. The van der Waals surface area contributed by atoms with Crippen LogP contribution in [-0.4, -0.2) is 54.6 Å². The van der Waals surface area contributed by atoms with Crippen LogP contribution in [0.5, 0.6) is 0 Å². The lowest BCUT2D eigenvalue weighted by atomic mass is 10.1. The highest BCUT2D eigenvalue weighted by atomic mass is 32.2. The van der Waals surface area contributed by atoms with Crippen molar-refractivity contribution in [1.82, 2.24) is 8.87 Å². The highest BCUT2D eigenvalue weighted by Crippen LogP contribution is 2.28. The molecule has 0 bridgehead atoms. The number of Topliss-reactive ketones (excluding diaryl/α,β-unsaturated/α-hetero) is 1. The van der Waals surface area contributed by atoms with Crippen LogP contribution in [0.1, 0.15) is 40.6 Å². The first-order valence-corrected chi connectivity index (χ1v) is 10.8. The van der Waals surface area contributed by atoms with Gasteiger partial charge in [-0.1, -0.05) is 12.1 Å². The fourth-order valence-corrected chi connectivity index (χ4v) is 5.18. The van der Waals surface area contributed by atoms with Gasteiger partial charge >= 0.3 is 5.97 Å². The number of nitrogens with zero attached hydrogens (tertiary/aromatic N) is 2. The number of benzene rings is 1. The van der Waals surface area contributed by atoms with Gasteiger partial charge in [0.2, 0.25) is 15.9 Å². The number of carbonyl (C=O) groups excluding carboxylic acids is 3. The zero-order chi connectivity index (χ0) is 22.1. The number of hydrogen-bond donors (Lipinski definition) is 1. The molecule has 0 radical (unpaired) electrons. The van der Waals surface area contributed by atoms with Crippen molar-refractivity contribution in [1.29, 1.82) is 0 Å². The van der Waals surface area contributed by atoms with E-state index in [-0.39, 0.29) is 22.9 Å². The Hall–Kier alpha value is -2.98. The summed E-state index contributed by atoms with van der Waals surface area (Å²) in [7, 11) is -1.24. The lowest BCUT2D eigenvalue weighted by molar-refractivity contribution is -0.119. The molecule has 10 heteroatoms. The van der Waals surface area contributed by atoms with Crippen molar-refractivity contribution < 1.29 is 27.5 Å². The topological polar surface area (TPSA) is 115 Å². The van der Waals surface area contributed by atoms with Crippen LogP contribution in [0.2, 0.25) is 0 Å². The second-order valence-corrected chi connectivity index (χ2v) is 8.95. The maximum absolute atomic E-state index is 13.2. The van der Waals surface area contributed by atoms with Crippen molar-refractivity contribution in [2.45, 2.75) is 30.7 Å². The number of esters is 1. The van der Waals surface area contributed by atoms with Crippen LogP contribution in [-0.2, 0) is 26.6 Å². The van der Waals surface area contributed by atoms with E-state index in [1.54, 1.807) is 31.3 Å². The molecule has 1 saturated heterocycles. The van der Waals surface area contributed by atoms with Gasteiger partial charge in [0.05, 0.1) is 7.11 Å². The largest absolute Gasteiger partial charge is 0.464 e. The number of anilines is 1. The fourth-order valence-electron chi connectivity index (χ4n) is 3.45. The van der Waals surface area contributed by atoms with E-state index >= 15 is 0 Å². The first-order valence-electron chi connectivity index (χ1n) is 9.33. The molecule has 1 fully saturated rings. The third kappa shape index (κ3) is 4.14. The maximum Gasteiger partial charge on any atom is 0.354 e. The van der Waals surface area contributed by atoms with E-state index in [1.165, 1.54) is 30.9 Å². The molecule has 9 nitrogen and oxygen atoms in total. The van der Waals surface area contributed by atoms with Crippen molar-refractivity contribution in [2.24, 2.45) is 7.05 Å². The standard InChI is InChI=1S/C20H23N3O6S/c1-13(24)14-6-4-7-15(10-14)21-19(25)17-8-5-9-23(17)30(27,28)16-11-18(20(26)29-3)22(2)12-16/h4,6-7,10-12,17H,5,8-9H2,1-3H3,(H,21,25)/t17-/m1/s1. The summed E-state index contributed by atoms with van der Waals surface area (Å²) in [6, 6.07) is 6.82. The summed E-state index contributed by atoms with van der Waals surface area (Å²) in [6.45, 7) is 1.62. The Morgan fingerprint density at radius 3 is 2.60 bits per heavy atom. The molecule has 1 atom stereocenters. The van der Waals surface area contributed by atoms with Gasteiger partial charge in [0, 0.05) is 31.0 Å². The lowest BCUT2D eigenvalue weighted by Gasteiger charge is -2.23. The van der Waals surface area contributed by atoms with E-state index in [9.17, 15) is 22.8 Å². The van der Waals surface area contributed by atoms with E-state index in [0.29, 0.717) is 24.1 Å². The minimum absolute atomic E-state index is 0.0799. The summed E-state index contributed by atoms with van der Waals surface area (Å²) in [4.78, 5) is 36.1. The summed E-state index contributed by atoms with van der Waals surface area (Å²) < 4.78 is 33.5. The third-order valence-corrected chi connectivity index (χ3v) is 6.90. The van der Waals surface area contributed by atoms with Crippen LogP contribution >= 0.6 is 0 Å². The van der Waals surface area contributed by atoms with Crippen molar-refractivity contribution in [2.75, 3.05) is 19.0 Å². The van der Waals surface area contributed by atoms with Gasteiger partial charge in [-0.3, -0.25) is 9.59 Å². The molecule has 2 heterocycles. The van der Waals surface area contributed by atoms with Gasteiger partial charge in [0.25, 0.3) is 0 Å². The molecule has 1 aromatic heterocycles. The average Bonchev–Trinajstić information content (AvgIpc) is 3.35. The SMILES string of the molecule is COC(=O)c1cc(S(=O)(=O)N2CCC[C@@H]2C(=O)Nc2cccc(C(C)=O)c2)cn1C. The van der Waals surface area contributed by atoms with Gasteiger partial charge in [-0.25, -0.2) is 13.2 Å². The molecule has 1 N–H and O–H groups in total. The van der Waals surface area contributed by atoms with Gasteiger partial charge in [-0.2, -0.15) is 4.31 Å². The highest BCUT2D eigenvalue weighted by Gasteiger charge is 2.40. The first kappa shape index (κ1) is 21.7. The number of methoxy groups -OCH3 is 1. The van der Waals surface area contributed by atoms with E-state index < -0.39 is 27.9 Å². The number of carbonyl (C=O) groups is 3. The molecular formula is C20H23N3O6S. The Labute approximate surface area is 174 Å². The molecule has 30 heavy (non-hydrogen) atoms. The number of aryl methyl sites for hydroxylation is 1. The summed E-state index contributed by atoms with van der Waals surface area (Å²) in [5, 5.41) is 2.70. The monoisotopic (exact) mass is 433 g/mol. The van der Waals surface area contributed by atoms with Gasteiger partial charge in [0.1, 0.15) is 16.6 Å². The Morgan fingerprint density at radius 1 is 1.20 bits per heavy atom. The summed E-state index contributed by atoms with van der Waals surface area (Å²) in [5.41, 5.74) is 0.963. The number of nitrogens with one attached hydrogen (secondary N) is 1. The number of rotatable bonds is 6. The second-order valence-electron chi connectivity index (χ2n) is 7.06. The Bertz CT molecular complexity index is 1110. The minimum Gasteiger partial charge on any atom is -0.464 e. The molecule has 160 valence electrons. The molecule has 1 aromatic carbocycles. The maximum atomic E-state index is 13.2. The van der Waals surface area contributed by atoms with Gasteiger partial charge < -0.3 is 14.6 Å². The molecular weight excluding hydrogens is 410 g/mol. The smallest absolute Gasteiger partial charge is 0.354 e. The Kier molecular flexibility index (Phi) is 6.09. The summed E-state index contributed by atoms with van der Waals surface area (Å²) in [5.74, 6) is -1.26. The molecule has 1 aliphatic heterocycles. The number of hydrogen-bond acceptors (Lipinski definition) is 6. The molecule has 0 unspecified atom stereocenters. The van der Waals surface area contributed by atoms with Crippen molar-refractivity contribution >= 4 is 33.4 Å². The number of amides is 1. The second kappa shape index (κ2) is 8.41. The van der Waals surface area contributed by atoms with E-state index in [4.69, 9.17) is 0 Å². The van der Waals surface area contributed by atoms with Crippen LogP contribution in [0.25, 0.3) is 0 Å². The molecule has 0 saturated carbocycles. The first-order chi connectivity index (χ1) is 14.1. The van der Waals surface area contributed by atoms with Gasteiger partial charge in [0.15, 0.2) is 5.78 Å². The normalized spacial score (nSPS) is 17.0. The molecule has 1 aliphatic rings. The Morgan fingerprint density at radius 2 is 1.93 bits per heavy atom. The van der Waals surface area contributed by atoms with Gasteiger partial charge in [-0.05, 0) is 38.0 Å². The average molecular weight is 433 g/mol. The quantitative estimate of drug-likeness (QED) is 0.549. The number of aromatic nitrogens is 1. The van der Waals surface area contributed by atoms with Crippen LogP contribution in [0.3, 0.4) is 0 Å². The number of sulfonamides is 1. The van der Waals surface area contributed by atoms with E-state index in [1.807, 2.05) is 0 Å². The van der Waals surface area contributed by atoms with Crippen LogP contribution in [0.15, 0.2) is 41.4 Å². The van der Waals surface area contributed by atoms with Crippen molar-refractivity contribution in [3.05, 3.63) is 47.8 Å². The fraction of sp³-hybridized carbons (Fsp3) is 0.350. The molecule has 2 aromatic rings. The molecule has 1 amide bonds. The van der Waals surface area contributed by atoms with Crippen LogP contribution in [0, 0.1) is 0 Å². The summed E-state index contributed by atoms with van der Waals surface area (Å²) in [6.07, 6.45) is 2.22. The zero-order valence-electron chi connectivity index (χ0n) is 16.9. The van der Waals surface area contributed by atoms with E-state index in [0.717, 1.165) is 4.31 Å². The number of ketones is 1.